The van der Waals surface area contributed by atoms with Crippen molar-refractivity contribution in [2.45, 2.75) is 27.2 Å². The highest BCUT2D eigenvalue weighted by molar-refractivity contribution is 6.04. The molecule has 0 radical (unpaired) electrons. The van der Waals surface area contributed by atoms with Crippen LogP contribution in [0.3, 0.4) is 0 Å². The largest absolute Gasteiger partial charge is 0.497 e. The van der Waals surface area contributed by atoms with Gasteiger partial charge in [-0.1, -0.05) is 30.3 Å². The Balaban J connectivity index is 1.89. The number of hydrogen-bond acceptors (Lipinski definition) is 4. The first-order chi connectivity index (χ1) is 12.5. The quantitative estimate of drug-likeness (QED) is 0.762. The van der Waals surface area contributed by atoms with E-state index in [0.717, 1.165) is 34.7 Å². The van der Waals surface area contributed by atoms with Gasteiger partial charge in [0.1, 0.15) is 5.75 Å². The minimum atomic E-state index is -0.258. The minimum Gasteiger partial charge on any atom is -0.497 e. The fraction of sp³-hybridized carbons (Fsp3) is 0.250. The van der Waals surface area contributed by atoms with Crippen LogP contribution in [0.5, 0.6) is 5.75 Å². The van der Waals surface area contributed by atoms with E-state index >= 15 is 0 Å². The summed E-state index contributed by atoms with van der Waals surface area (Å²) in [7, 11) is 1.62. The maximum atomic E-state index is 12.8. The molecule has 0 saturated heterocycles. The lowest BCUT2D eigenvalue weighted by atomic mass is 10.1. The Hall–Kier alpha value is -3.15. The number of methoxy groups -OCH3 is 1. The van der Waals surface area contributed by atoms with E-state index in [9.17, 15) is 4.79 Å². The first kappa shape index (κ1) is 17.7. The number of rotatable bonds is 5. The summed E-state index contributed by atoms with van der Waals surface area (Å²) in [6.45, 7) is 5.88. The van der Waals surface area contributed by atoms with Crippen molar-refractivity contribution in [2.24, 2.45) is 0 Å². The lowest BCUT2D eigenvalue weighted by molar-refractivity contribution is 0.102. The monoisotopic (exact) mass is 350 g/mol. The van der Waals surface area contributed by atoms with Gasteiger partial charge >= 0.3 is 0 Å². The predicted molar refractivity (Wildman–Crippen MR) is 101 cm³/mol. The summed E-state index contributed by atoms with van der Waals surface area (Å²) in [6, 6.07) is 13.4. The van der Waals surface area contributed by atoms with E-state index < -0.39 is 0 Å². The molecule has 3 aromatic rings. The number of carbonyl (C=O) groups excluding carboxylic acids is 1. The number of nitrogens with zero attached hydrogens (tertiary/aromatic N) is 3. The van der Waals surface area contributed by atoms with Gasteiger partial charge in [-0.2, -0.15) is 0 Å². The molecule has 6 nitrogen and oxygen atoms in total. The van der Waals surface area contributed by atoms with Crippen molar-refractivity contribution in [3.05, 3.63) is 65.0 Å². The van der Waals surface area contributed by atoms with Gasteiger partial charge in [-0.25, -0.2) is 4.68 Å². The molecule has 6 heteroatoms. The van der Waals surface area contributed by atoms with Crippen LogP contribution in [-0.2, 0) is 6.42 Å². The van der Waals surface area contributed by atoms with Crippen molar-refractivity contribution < 1.29 is 9.53 Å². The van der Waals surface area contributed by atoms with Crippen LogP contribution < -0.4 is 10.1 Å². The number of hydrogen-bond donors (Lipinski definition) is 1. The molecule has 0 bridgehead atoms. The van der Waals surface area contributed by atoms with Crippen molar-refractivity contribution in [3.8, 4) is 11.4 Å². The van der Waals surface area contributed by atoms with Crippen molar-refractivity contribution >= 4 is 11.6 Å². The molecule has 134 valence electrons. The summed E-state index contributed by atoms with van der Waals surface area (Å²) in [5.74, 6) is 0.502. The van der Waals surface area contributed by atoms with E-state index in [1.165, 1.54) is 0 Å². The van der Waals surface area contributed by atoms with E-state index in [1.807, 2.05) is 56.3 Å². The van der Waals surface area contributed by atoms with Crippen LogP contribution in [0.15, 0.2) is 42.5 Å². The van der Waals surface area contributed by atoms with Gasteiger partial charge in [-0.3, -0.25) is 4.79 Å². The number of benzene rings is 2. The first-order valence-electron chi connectivity index (χ1n) is 8.51. The molecule has 0 atom stereocenters. The van der Waals surface area contributed by atoms with Crippen LogP contribution in [0.2, 0.25) is 0 Å². The SMILES string of the molecule is CCc1cccc(C)c1NC(=O)c1nnn(-c2ccc(OC)cc2)c1C. The highest BCUT2D eigenvalue weighted by Gasteiger charge is 2.19. The molecule has 0 aliphatic rings. The third-order valence-electron chi connectivity index (χ3n) is 4.41. The maximum absolute atomic E-state index is 12.8. The number of carbonyl (C=O) groups is 1. The van der Waals surface area contributed by atoms with E-state index in [-0.39, 0.29) is 5.91 Å². The molecule has 3 rings (SSSR count). The van der Waals surface area contributed by atoms with Gasteiger partial charge in [-0.05, 0) is 55.7 Å². The van der Waals surface area contributed by atoms with E-state index in [4.69, 9.17) is 4.74 Å². The summed E-state index contributed by atoms with van der Waals surface area (Å²) in [5.41, 5.74) is 4.78. The Morgan fingerprint density at radius 3 is 2.54 bits per heavy atom. The molecule has 1 heterocycles. The fourth-order valence-electron chi connectivity index (χ4n) is 2.88. The van der Waals surface area contributed by atoms with E-state index in [1.54, 1.807) is 11.8 Å². The number of aryl methyl sites for hydroxylation is 2. The molecule has 0 unspecified atom stereocenters. The van der Waals surface area contributed by atoms with Gasteiger partial charge in [-0.15, -0.1) is 5.10 Å². The molecule has 1 aromatic heterocycles. The summed E-state index contributed by atoms with van der Waals surface area (Å²) in [4.78, 5) is 12.8. The Kier molecular flexibility index (Phi) is 5.02. The van der Waals surface area contributed by atoms with Crippen LogP contribution in [-0.4, -0.2) is 28.0 Å². The molecule has 1 N–H and O–H groups in total. The van der Waals surface area contributed by atoms with Gasteiger partial charge in [0.15, 0.2) is 5.69 Å². The second-order valence-corrected chi connectivity index (χ2v) is 6.05. The molecule has 0 aliphatic carbocycles. The summed E-state index contributed by atoms with van der Waals surface area (Å²) in [6.07, 6.45) is 0.842. The summed E-state index contributed by atoms with van der Waals surface area (Å²) in [5, 5.41) is 11.2. The zero-order valence-electron chi connectivity index (χ0n) is 15.4. The maximum Gasteiger partial charge on any atom is 0.278 e. The number of aromatic nitrogens is 3. The molecule has 0 fully saturated rings. The Morgan fingerprint density at radius 1 is 1.15 bits per heavy atom. The topological polar surface area (TPSA) is 69.0 Å². The van der Waals surface area contributed by atoms with Crippen LogP contribution in [0, 0.1) is 13.8 Å². The van der Waals surface area contributed by atoms with Crippen molar-refractivity contribution in [1.82, 2.24) is 15.0 Å². The standard InChI is InChI=1S/C20H22N4O2/c1-5-15-8-6-7-13(2)18(15)21-20(25)19-14(3)24(23-22-19)16-9-11-17(26-4)12-10-16/h6-12H,5H2,1-4H3,(H,21,25). The third kappa shape index (κ3) is 3.31. The normalized spacial score (nSPS) is 10.6. The van der Waals surface area contributed by atoms with Crippen LogP contribution in [0.1, 0.15) is 34.2 Å². The van der Waals surface area contributed by atoms with Crippen molar-refractivity contribution in [1.29, 1.82) is 0 Å². The van der Waals surface area contributed by atoms with Crippen LogP contribution >= 0.6 is 0 Å². The zero-order valence-corrected chi connectivity index (χ0v) is 15.4. The number of amides is 1. The minimum absolute atomic E-state index is 0.258. The third-order valence-corrected chi connectivity index (χ3v) is 4.41. The number of anilines is 1. The average molecular weight is 350 g/mol. The van der Waals surface area contributed by atoms with Crippen LogP contribution in [0.4, 0.5) is 5.69 Å². The van der Waals surface area contributed by atoms with Crippen molar-refractivity contribution in [3.63, 3.8) is 0 Å². The zero-order chi connectivity index (χ0) is 18.7. The fourth-order valence-corrected chi connectivity index (χ4v) is 2.88. The second kappa shape index (κ2) is 7.39. The lowest BCUT2D eigenvalue weighted by Gasteiger charge is -2.12. The van der Waals surface area contributed by atoms with Gasteiger partial charge in [0.25, 0.3) is 5.91 Å². The smallest absolute Gasteiger partial charge is 0.278 e. The van der Waals surface area contributed by atoms with Gasteiger partial charge in [0.05, 0.1) is 18.5 Å². The molecule has 1 amide bonds. The highest BCUT2D eigenvalue weighted by atomic mass is 16.5. The molecule has 0 saturated carbocycles. The van der Waals surface area contributed by atoms with Gasteiger partial charge in [0, 0.05) is 5.69 Å². The predicted octanol–water partition coefficient (Wildman–Crippen LogP) is 3.71. The molecule has 0 aliphatic heterocycles. The van der Waals surface area contributed by atoms with E-state index in [2.05, 4.69) is 22.6 Å². The molecule has 2 aromatic carbocycles. The Labute approximate surface area is 152 Å². The molecule has 26 heavy (non-hydrogen) atoms. The lowest BCUT2D eigenvalue weighted by Crippen LogP contribution is -2.16. The first-order valence-corrected chi connectivity index (χ1v) is 8.51. The molecular formula is C20H22N4O2. The number of nitrogens with one attached hydrogen (secondary N) is 1. The Bertz CT molecular complexity index is 929. The van der Waals surface area contributed by atoms with Crippen molar-refractivity contribution in [2.75, 3.05) is 12.4 Å². The Morgan fingerprint density at radius 2 is 1.88 bits per heavy atom. The number of para-hydroxylation sites is 1. The average Bonchev–Trinajstić information content (AvgIpc) is 3.05. The number of ether oxygens (including phenoxy) is 1. The van der Waals surface area contributed by atoms with E-state index in [0.29, 0.717) is 11.4 Å². The highest BCUT2D eigenvalue weighted by Crippen LogP contribution is 2.23. The van der Waals surface area contributed by atoms with Gasteiger partial charge < -0.3 is 10.1 Å². The second-order valence-electron chi connectivity index (χ2n) is 6.05. The summed E-state index contributed by atoms with van der Waals surface area (Å²) < 4.78 is 6.81. The molecule has 0 spiro atoms. The van der Waals surface area contributed by atoms with Crippen LogP contribution in [0.25, 0.3) is 5.69 Å². The molecular weight excluding hydrogens is 328 g/mol. The summed E-state index contributed by atoms with van der Waals surface area (Å²) >= 11 is 0. The van der Waals surface area contributed by atoms with Gasteiger partial charge in [0.2, 0.25) is 0 Å².